The molecule has 80 valence electrons. The van der Waals surface area contributed by atoms with E-state index in [0.29, 0.717) is 6.42 Å². The van der Waals surface area contributed by atoms with Gasteiger partial charge in [-0.05, 0) is 25.1 Å². The van der Waals surface area contributed by atoms with Gasteiger partial charge in [-0.15, -0.1) is 0 Å². The molecule has 4 heteroatoms. The van der Waals surface area contributed by atoms with E-state index in [9.17, 15) is 4.79 Å². The first kappa shape index (κ1) is 10.5. The molecule has 1 aliphatic heterocycles. The second-order valence-electron chi connectivity index (χ2n) is 3.86. The van der Waals surface area contributed by atoms with E-state index in [1.807, 2.05) is 32.2 Å². The summed E-state index contributed by atoms with van der Waals surface area (Å²) in [5.74, 6) is 0.145. The molecule has 1 aliphatic rings. The summed E-state index contributed by atoms with van der Waals surface area (Å²) in [4.78, 5) is 13.5. The van der Waals surface area contributed by atoms with Gasteiger partial charge in [-0.2, -0.15) is 0 Å². The van der Waals surface area contributed by atoms with Gasteiger partial charge in [-0.3, -0.25) is 4.79 Å². The Bertz CT molecular complexity index is 406. The summed E-state index contributed by atoms with van der Waals surface area (Å²) >= 11 is 3.41. The minimum atomic E-state index is 0.145. The lowest BCUT2D eigenvalue weighted by molar-refractivity contribution is -0.118. The van der Waals surface area contributed by atoms with Crippen LogP contribution < -0.4 is 10.2 Å². The zero-order valence-electron chi connectivity index (χ0n) is 8.75. The summed E-state index contributed by atoms with van der Waals surface area (Å²) < 4.78 is 0.984. The Hall–Kier alpha value is -1.03. The number of hydrogen-bond acceptors (Lipinski definition) is 2. The average Bonchev–Trinajstić information content (AvgIpc) is 2.27. The third kappa shape index (κ3) is 2.00. The molecule has 0 radical (unpaired) electrons. The molecule has 3 nitrogen and oxygen atoms in total. The highest BCUT2D eigenvalue weighted by molar-refractivity contribution is 9.10. The highest BCUT2D eigenvalue weighted by Crippen LogP contribution is 2.32. The zero-order valence-corrected chi connectivity index (χ0v) is 10.3. The number of rotatable bonds is 0. The van der Waals surface area contributed by atoms with Crippen LogP contribution in [0.5, 0.6) is 0 Å². The van der Waals surface area contributed by atoms with Crippen LogP contribution in [0.1, 0.15) is 13.3 Å². The number of hydrogen-bond donors (Lipinski definition) is 1. The Morgan fingerprint density at radius 2 is 2.27 bits per heavy atom. The van der Waals surface area contributed by atoms with Crippen molar-refractivity contribution in [2.45, 2.75) is 19.4 Å². The highest BCUT2D eigenvalue weighted by Gasteiger charge is 2.22. The lowest BCUT2D eigenvalue weighted by atomic mass is 10.2. The maximum atomic E-state index is 11.8. The van der Waals surface area contributed by atoms with Gasteiger partial charge in [0.15, 0.2) is 0 Å². The Morgan fingerprint density at radius 1 is 1.53 bits per heavy atom. The van der Waals surface area contributed by atoms with Crippen LogP contribution in [0, 0.1) is 0 Å². The molecule has 1 aromatic carbocycles. The van der Waals surface area contributed by atoms with E-state index in [2.05, 4.69) is 21.2 Å². The summed E-state index contributed by atoms with van der Waals surface area (Å²) in [6, 6.07) is 6.10. The molecule has 15 heavy (non-hydrogen) atoms. The molecule has 1 N–H and O–H groups in total. The molecule has 0 spiro atoms. The lowest BCUT2D eigenvalue weighted by Gasteiger charge is -2.17. The van der Waals surface area contributed by atoms with E-state index < -0.39 is 0 Å². The van der Waals surface area contributed by atoms with Crippen molar-refractivity contribution in [3.63, 3.8) is 0 Å². The van der Waals surface area contributed by atoms with Crippen molar-refractivity contribution in [3.05, 3.63) is 22.7 Å². The van der Waals surface area contributed by atoms with Crippen molar-refractivity contribution < 1.29 is 4.79 Å². The molecular formula is C11H13BrN2O. The summed E-state index contributed by atoms with van der Waals surface area (Å²) in [5, 5.41) is 3.33. The average molecular weight is 269 g/mol. The summed E-state index contributed by atoms with van der Waals surface area (Å²) in [5.41, 5.74) is 1.94. The van der Waals surface area contributed by atoms with Crippen molar-refractivity contribution in [1.82, 2.24) is 0 Å². The Morgan fingerprint density at radius 3 is 3.00 bits per heavy atom. The second-order valence-corrected chi connectivity index (χ2v) is 4.78. The predicted octanol–water partition coefficient (Wildman–Crippen LogP) is 2.62. The first-order valence-electron chi connectivity index (χ1n) is 4.90. The molecule has 0 saturated carbocycles. The van der Waals surface area contributed by atoms with E-state index in [-0.39, 0.29) is 11.9 Å². The summed E-state index contributed by atoms with van der Waals surface area (Å²) in [7, 11) is 1.81. The van der Waals surface area contributed by atoms with Gasteiger partial charge in [0.1, 0.15) is 0 Å². The fraction of sp³-hybridized carbons (Fsp3) is 0.364. The van der Waals surface area contributed by atoms with E-state index in [0.717, 1.165) is 15.8 Å². The largest absolute Gasteiger partial charge is 0.380 e. The number of benzene rings is 1. The van der Waals surface area contributed by atoms with Gasteiger partial charge in [0.05, 0.1) is 11.4 Å². The number of anilines is 2. The molecular weight excluding hydrogens is 256 g/mol. The first-order chi connectivity index (χ1) is 7.08. The SMILES string of the molecule is CC1CC(=O)N(C)c2cc(Br)ccc2N1. The van der Waals surface area contributed by atoms with Crippen molar-refractivity contribution in [3.8, 4) is 0 Å². The van der Waals surface area contributed by atoms with Crippen LogP contribution in [0.4, 0.5) is 11.4 Å². The number of fused-ring (bicyclic) bond motifs is 1. The zero-order chi connectivity index (χ0) is 11.0. The van der Waals surface area contributed by atoms with Gasteiger partial charge in [0.2, 0.25) is 5.91 Å². The number of nitrogens with zero attached hydrogens (tertiary/aromatic N) is 1. The standard InChI is InChI=1S/C11H13BrN2O/c1-7-5-11(15)14(2)10-6-8(12)3-4-9(10)13-7/h3-4,6-7,13H,5H2,1-2H3. The van der Waals surface area contributed by atoms with Gasteiger partial charge in [0, 0.05) is 24.0 Å². The fourth-order valence-corrected chi connectivity index (χ4v) is 2.10. The number of carbonyl (C=O) groups excluding carboxylic acids is 1. The molecule has 1 heterocycles. The van der Waals surface area contributed by atoms with Crippen LogP contribution in [0.25, 0.3) is 0 Å². The molecule has 1 unspecified atom stereocenters. The van der Waals surface area contributed by atoms with Gasteiger partial charge >= 0.3 is 0 Å². The number of nitrogens with one attached hydrogen (secondary N) is 1. The summed E-state index contributed by atoms with van der Waals surface area (Å²) in [6.45, 7) is 2.02. The molecule has 0 fully saturated rings. The molecule has 1 amide bonds. The van der Waals surface area contributed by atoms with Crippen molar-refractivity contribution >= 4 is 33.2 Å². The highest BCUT2D eigenvalue weighted by atomic mass is 79.9. The predicted molar refractivity (Wildman–Crippen MR) is 65.3 cm³/mol. The van der Waals surface area contributed by atoms with Crippen LogP contribution in [0.15, 0.2) is 22.7 Å². The molecule has 0 saturated heterocycles. The number of amides is 1. The van der Waals surface area contributed by atoms with Gasteiger partial charge < -0.3 is 10.2 Å². The van der Waals surface area contributed by atoms with E-state index >= 15 is 0 Å². The quantitative estimate of drug-likeness (QED) is 0.785. The van der Waals surface area contributed by atoms with Crippen LogP contribution in [0.3, 0.4) is 0 Å². The first-order valence-corrected chi connectivity index (χ1v) is 5.70. The Balaban J connectivity index is 2.50. The Labute approximate surface area is 97.6 Å². The monoisotopic (exact) mass is 268 g/mol. The molecule has 0 bridgehead atoms. The molecule has 1 aromatic rings. The molecule has 0 aromatic heterocycles. The molecule has 0 aliphatic carbocycles. The minimum Gasteiger partial charge on any atom is -0.380 e. The minimum absolute atomic E-state index is 0.145. The van der Waals surface area contributed by atoms with Crippen LogP contribution in [-0.4, -0.2) is 19.0 Å². The van der Waals surface area contributed by atoms with Crippen LogP contribution >= 0.6 is 15.9 Å². The number of halogens is 1. The molecule has 2 rings (SSSR count). The fourth-order valence-electron chi connectivity index (χ4n) is 1.75. The Kier molecular flexibility index (Phi) is 2.69. The topological polar surface area (TPSA) is 32.3 Å². The second kappa shape index (κ2) is 3.85. The van der Waals surface area contributed by atoms with Gasteiger partial charge in [-0.25, -0.2) is 0 Å². The smallest absolute Gasteiger partial charge is 0.228 e. The summed E-state index contributed by atoms with van der Waals surface area (Å²) in [6.07, 6.45) is 0.531. The third-order valence-corrected chi connectivity index (χ3v) is 3.07. The maximum absolute atomic E-state index is 11.8. The van der Waals surface area contributed by atoms with Crippen molar-refractivity contribution in [2.24, 2.45) is 0 Å². The maximum Gasteiger partial charge on any atom is 0.228 e. The van der Waals surface area contributed by atoms with E-state index in [1.165, 1.54) is 0 Å². The third-order valence-electron chi connectivity index (χ3n) is 2.58. The number of carbonyl (C=O) groups is 1. The molecule has 1 atom stereocenters. The van der Waals surface area contributed by atoms with Gasteiger partial charge in [0.25, 0.3) is 0 Å². The van der Waals surface area contributed by atoms with Gasteiger partial charge in [-0.1, -0.05) is 15.9 Å². The van der Waals surface area contributed by atoms with E-state index in [4.69, 9.17) is 0 Å². The lowest BCUT2D eigenvalue weighted by Crippen LogP contribution is -2.27. The normalized spacial score (nSPS) is 20.6. The van der Waals surface area contributed by atoms with E-state index in [1.54, 1.807) is 4.90 Å². The van der Waals surface area contributed by atoms with Crippen molar-refractivity contribution in [2.75, 3.05) is 17.3 Å². The van der Waals surface area contributed by atoms with Crippen LogP contribution in [-0.2, 0) is 4.79 Å². The van der Waals surface area contributed by atoms with Crippen LogP contribution in [0.2, 0.25) is 0 Å². The van der Waals surface area contributed by atoms with Crippen molar-refractivity contribution in [1.29, 1.82) is 0 Å².